The molecular weight excluding hydrogens is 550 g/mol. The van der Waals surface area contributed by atoms with Crippen LogP contribution in [0.15, 0.2) is 88.9 Å². The van der Waals surface area contributed by atoms with Gasteiger partial charge in [0.2, 0.25) is 15.9 Å². The highest BCUT2D eigenvalue weighted by molar-refractivity contribution is 7.89. The molecule has 4 aromatic rings. The normalized spacial score (nSPS) is 11.7. The Morgan fingerprint density at radius 3 is 2.17 bits per heavy atom. The van der Waals surface area contributed by atoms with E-state index in [1.165, 1.54) is 31.2 Å². The van der Waals surface area contributed by atoms with Gasteiger partial charge < -0.3 is 9.88 Å². The number of benzene rings is 3. The first-order valence-electron chi connectivity index (χ1n) is 13.5. The highest BCUT2D eigenvalue weighted by Crippen LogP contribution is 2.25. The molecule has 0 unspecified atom stereocenters. The number of carbonyl (C=O) groups excluding carboxylic acids is 2. The van der Waals surface area contributed by atoms with Gasteiger partial charge in [-0.15, -0.1) is 0 Å². The van der Waals surface area contributed by atoms with Crippen LogP contribution in [0.25, 0.3) is 5.69 Å². The molecule has 0 aliphatic rings. The molecule has 1 heterocycles. The minimum atomic E-state index is -4.06. The third-order valence-corrected chi connectivity index (χ3v) is 8.67. The average molecular weight is 586 g/mol. The highest BCUT2D eigenvalue weighted by Gasteiger charge is 2.27. The first-order chi connectivity index (χ1) is 20.0. The third kappa shape index (κ3) is 7.02. The van der Waals surface area contributed by atoms with Crippen LogP contribution >= 0.6 is 0 Å². The van der Waals surface area contributed by atoms with Crippen LogP contribution in [0, 0.1) is 27.7 Å². The molecule has 3 aromatic carbocycles. The van der Waals surface area contributed by atoms with E-state index in [2.05, 4.69) is 46.4 Å². The van der Waals surface area contributed by atoms with Gasteiger partial charge in [0, 0.05) is 36.1 Å². The predicted octanol–water partition coefficient (Wildman–Crippen LogP) is 5.01. The van der Waals surface area contributed by atoms with E-state index in [-0.39, 0.29) is 17.3 Å². The molecule has 1 aromatic heterocycles. The standard InChI is InChI=1S/C32H35N5O4S/c1-22-10-9-11-23(2)32(22)37-24(3)18-28(25(37)4)19-33-35-31(39)21-36(20-27-12-7-6-8-13-27)42(40,41)30-16-14-29(15-17-30)34-26(5)38/h6-19H,20-21H2,1-5H3,(H,34,38)(H,35,39)/b33-19+. The third-order valence-electron chi connectivity index (χ3n) is 6.86. The lowest BCUT2D eigenvalue weighted by Gasteiger charge is -2.21. The lowest BCUT2D eigenvalue weighted by Crippen LogP contribution is -2.39. The topological polar surface area (TPSA) is 113 Å². The number of hydrogen-bond acceptors (Lipinski definition) is 5. The van der Waals surface area contributed by atoms with Gasteiger partial charge in [0.1, 0.15) is 0 Å². The SMILES string of the molecule is CC(=O)Nc1ccc(S(=O)(=O)N(CC(=O)N/N=C/c2cc(C)n(-c3c(C)cccc3C)c2C)Cc2ccccc2)cc1. The number of nitrogens with zero attached hydrogens (tertiary/aromatic N) is 3. The summed E-state index contributed by atoms with van der Waals surface area (Å²) in [6, 6.07) is 23.0. The number of hydrogen-bond donors (Lipinski definition) is 2. The number of hydrazone groups is 1. The number of aryl methyl sites for hydroxylation is 3. The Labute approximate surface area is 246 Å². The van der Waals surface area contributed by atoms with E-state index >= 15 is 0 Å². The zero-order valence-electron chi connectivity index (χ0n) is 24.4. The number of anilines is 1. The molecule has 42 heavy (non-hydrogen) atoms. The predicted molar refractivity (Wildman–Crippen MR) is 165 cm³/mol. The summed E-state index contributed by atoms with van der Waals surface area (Å²) in [4.78, 5) is 24.3. The number of sulfonamides is 1. The van der Waals surface area contributed by atoms with Gasteiger partial charge in [-0.2, -0.15) is 9.41 Å². The Morgan fingerprint density at radius 1 is 0.905 bits per heavy atom. The zero-order chi connectivity index (χ0) is 30.4. The van der Waals surface area contributed by atoms with Crippen LogP contribution in [0.4, 0.5) is 5.69 Å². The molecule has 0 aliphatic heterocycles. The Bertz CT molecular complexity index is 1710. The van der Waals surface area contributed by atoms with Crippen molar-refractivity contribution in [1.29, 1.82) is 0 Å². The van der Waals surface area contributed by atoms with Crippen LogP contribution in [-0.4, -0.2) is 41.9 Å². The maximum atomic E-state index is 13.6. The maximum absolute atomic E-state index is 13.6. The Balaban J connectivity index is 1.53. The summed E-state index contributed by atoms with van der Waals surface area (Å²) in [6.07, 6.45) is 1.57. The number of para-hydroxylation sites is 1. The van der Waals surface area contributed by atoms with E-state index in [0.717, 1.165) is 43.6 Å². The molecular formula is C32H35N5O4S. The smallest absolute Gasteiger partial charge is 0.255 e. The van der Waals surface area contributed by atoms with E-state index < -0.39 is 22.5 Å². The molecule has 4 rings (SSSR count). The molecule has 0 saturated carbocycles. The van der Waals surface area contributed by atoms with Crippen molar-refractivity contribution >= 4 is 33.7 Å². The zero-order valence-corrected chi connectivity index (χ0v) is 25.2. The highest BCUT2D eigenvalue weighted by atomic mass is 32.2. The van der Waals surface area contributed by atoms with Crippen LogP contribution in [0.2, 0.25) is 0 Å². The van der Waals surface area contributed by atoms with Gasteiger partial charge in [0.15, 0.2) is 0 Å². The van der Waals surface area contributed by atoms with Crippen molar-refractivity contribution in [3.05, 3.63) is 113 Å². The van der Waals surface area contributed by atoms with Crippen LogP contribution in [0.5, 0.6) is 0 Å². The first kappa shape index (κ1) is 30.4. The minimum absolute atomic E-state index is 0.00257. The minimum Gasteiger partial charge on any atom is -0.326 e. The average Bonchev–Trinajstić information content (AvgIpc) is 3.21. The van der Waals surface area contributed by atoms with Crippen molar-refractivity contribution < 1.29 is 18.0 Å². The molecule has 2 amide bonds. The monoisotopic (exact) mass is 585 g/mol. The fourth-order valence-electron chi connectivity index (χ4n) is 4.87. The lowest BCUT2D eigenvalue weighted by molar-refractivity contribution is -0.121. The summed E-state index contributed by atoms with van der Waals surface area (Å²) >= 11 is 0. The molecule has 10 heteroatoms. The summed E-state index contributed by atoms with van der Waals surface area (Å²) in [5, 5.41) is 6.77. The van der Waals surface area contributed by atoms with Crippen molar-refractivity contribution in [2.24, 2.45) is 5.10 Å². The Hall–Kier alpha value is -4.54. The quantitative estimate of drug-likeness (QED) is 0.201. The molecule has 0 saturated heterocycles. The molecule has 218 valence electrons. The summed E-state index contributed by atoms with van der Waals surface area (Å²) in [5.41, 5.74) is 9.94. The van der Waals surface area contributed by atoms with Crippen LogP contribution in [0.1, 0.15) is 40.6 Å². The molecule has 0 aliphatic carbocycles. The number of amides is 2. The molecule has 9 nitrogen and oxygen atoms in total. The maximum Gasteiger partial charge on any atom is 0.255 e. The van der Waals surface area contributed by atoms with Gasteiger partial charge in [-0.25, -0.2) is 13.8 Å². The van der Waals surface area contributed by atoms with Gasteiger partial charge in [0.05, 0.1) is 23.3 Å². The van der Waals surface area contributed by atoms with Gasteiger partial charge in [0.25, 0.3) is 5.91 Å². The molecule has 0 spiro atoms. The van der Waals surface area contributed by atoms with Crippen LogP contribution < -0.4 is 10.7 Å². The summed E-state index contributed by atoms with van der Waals surface area (Å²) < 4.78 is 30.5. The van der Waals surface area contributed by atoms with Crippen molar-refractivity contribution in [2.75, 3.05) is 11.9 Å². The summed E-state index contributed by atoms with van der Waals surface area (Å²) in [6.45, 7) is 9.07. The second kappa shape index (κ2) is 13.0. The number of rotatable bonds is 10. The van der Waals surface area contributed by atoms with Crippen molar-refractivity contribution in [1.82, 2.24) is 14.3 Å². The first-order valence-corrected chi connectivity index (χ1v) is 14.9. The number of aromatic nitrogens is 1. The second-order valence-corrected chi connectivity index (χ2v) is 12.1. The van der Waals surface area contributed by atoms with Gasteiger partial charge in [-0.05, 0) is 74.7 Å². The fraction of sp³-hybridized carbons (Fsp3) is 0.219. The van der Waals surface area contributed by atoms with Crippen molar-refractivity contribution in [3.8, 4) is 5.69 Å². The van der Waals surface area contributed by atoms with Crippen LogP contribution in [-0.2, 0) is 26.2 Å². The summed E-state index contributed by atoms with van der Waals surface area (Å²) in [5.74, 6) is -0.843. The van der Waals surface area contributed by atoms with E-state index in [1.54, 1.807) is 18.3 Å². The molecule has 0 fully saturated rings. The summed E-state index contributed by atoms with van der Waals surface area (Å²) in [7, 11) is -4.06. The number of nitrogens with one attached hydrogen (secondary N) is 2. The Morgan fingerprint density at radius 2 is 1.55 bits per heavy atom. The largest absolute Gasteiger partial charge is 0.326 e. The van der Waals surface area contributed by atoms with E-state index in [9.17, 15) is 18.0 Å². The van der Waals surface area contributed by atoms with Gasteiger partial charge >= 0.3 is 0 Å². The van der Waals surface area contributed by atoms with E-state index in [0.29, 0.717) is 5.69 Å². The van der Waals surface area contributed by atoms with E-state index in [1.807, 2.05) is 44.2 Å². The molecule has 0 radical (unpaired) electrons. The molecule has 2 N–H and O–H groups in total. The lowest BCUT2D eigenvalue weighted by atomic mass is 10.1. The van der Waals surface area contributed by atoms with E-state index in [4.69, 9.17) is 0 Å². The fourth-order valence-corrected chi connectivity index (χ4v) is 6.25. The Kier molecular flexibility index (Phi) is 9.39. The second-order valence-electron chi connectivity index (χ2n) is 10.2. The molecule has 0 bridgehead atoms. The van der Waals surface area contributed by atoms with Gasteiger partial charge in [-0.3, -0.25) is 9.59 Å². The van der Waals surface area contributed by atoms with Crippen LogP contribution in [0.3, 0.4) is 0 Å². The van der Waals surface area contributed by atoms with Crippen molar-refractivity contribution in [3.63, 3.8) is 0 Å². The van der Waals surface area contributed by atoms with Gasteiger partial charge in [-0.1, -0.05) is 48.5 Å². The molecule has 0 atom stereocenters. The number of carbonyl (C=O) groups is 2. The van der Waals surface area contributed by atoms with Crippen molar-refractivity contribution in [2.45, 2.75) is 46.1 Å².